The molecule has 4 rings (SSSR count). The number of hydrogen-bond donors (Lipinski definition) is 2. The average Bonchev–Trinajstić information content (AvgIpc) is 3.15. The zero-order valence-electron chi connectivity index (χ0n) is 21.0. The van der Waals surface area contributed by atoms with E-state index in [0.717, 1.165) is 22.3 Å². The molecule has 192 valence electrons. The average molecular weight is 495 g/mol. The van der Waals surface area contributed by atoms with E-state index >= 15 is 0 Å². The lowest BCUT2D eigenvalue weighted by molar-refractivity contribution is -0.157. The molecule has 2 amide bonds. The molecule has 1 atom stereocenters. The van der Waals surface area contributed by atoms with Crippen molar-refractivity contribution >= 4 is 18.0 Å². The van der Waals surface area contributed by atoms with Gasteiger partial charge in [-0.1, -0.05) is 48.5 Å². The Morgan fingerprint density at radius 1 is 1.00 bits per heavy atom. The number of nitrogens with zero attached hydrogens (tertiary/aromatic N) is 1. The number of piperidine rings is 1. The molecule has 1 saturated heterocycles. The minimum Gasteiger partial charge on any atom is -0.460 e. The highest BCUT2D eigenvalue weighted by Gasteiger charge is 2.33. The third-order valence-corrected chi connectivity index (χ3v) is 6.50. The van der Waals surface area contributed by atoms with Crippen molar-refractivity contribution in [2.75, 3.05) is 19.7 Å². The highest BCUT2D eigenvalue weighted by Crippen LogP contribution is 2.44. The molecular weight excluding hydrogens is 460 g/mol. The van der Waals surface area contributed by atoms with E-state index in [1.807, 2.05) is 36.4 Å². The molecule has 2 aromatic carbocycles. The number of nitrogens with one attached hydrogen (secondary N) is 1. The molecule has 0 saturated carbocycles. The van der Waals surface area contributed by atoms with Crippen LogP contribution in [0.4, 0.5) is 4.79 Å². The first-order valence-electron chi connectivity index (χ1n) is 12.4. The fraction of sp³-hybridized carbons (Fsp3) is 0.464. The van der Waals surface area contributed by atoms with Crippen molar-refractivity contribution in [2.45, 2.75) is 63.7 Å². The van der Waals surface area contributed by atoms with Crippen LogP contribution in [0.25, 0.3) is 11.1 Å². The fourth-order valence-corrected chi connectivity index (χ4v) is 4.84. The zero-order chi connectivity index (χ0) is 25.9. The third-order valence-electron chi connectivity index (χ3n) is 6.50. The van der Waals surface area contributed by atoms with Crippen molar-refractivity contribution in [3.63, 3.8) is 0 Å². The van der Waals surface area contributed by atoms with E-state index in [2.05, 4.69) is 17.4 Å². The Morgan fingerprint density at radius 2 is 1.56 bits per heavy atom. The summed E-state index contributed by atoms with van der Waals surface area (Å²) < 4.78 is 11.0. The van der Waals surface area contributed by atoms with Gasteiger partial charge in [-0.25, -0.2) is 4.79 Å². The standard InChI is InChI=1S/C28H34N2O6/c1-28(2,3)36-25(32)16-24(26(33)30-14-12-18(31)13-15-30)29-27(34)35-17-23-21-10-6-4-8-19(21)20-9-5-7-11-22(20)23/h4-11,18,23-24,31H,12-17H2,1-3H3,(H,29,34)/t24-/m0/s1. The molecule has 2 aromatic rings. The van der Waals surface area contributed by atoms with E-state index in [1.54, 1.807) is 25.7 Å². The Morgan fingerprint density at radius 3 is 2.11 bits per heavy atom. The van der Waals surface area contributed by atoms with E-state index in [9.17, 15) is 19.5 Å². The Hall–Kier alpha value is -3.39. The molecule has 1 aliphatic heterocycles. The minimum absolute atomic E-state index is 0.100. The number of ether oxygens (including phenoxy) is 2. The van der Waals surface area contributed by atoms with Gasteiger partial charge in [0, 0.05) is 19.0 Å². The number of carbonyl (C=O) groups excluding carboxylic acids is 3. The summed E-state index contributed by atoms with van der Waals surface area (Å²) >= 11 is 0. The summed E-state index contributed by atoms with van der Waals surface area (Å²) in [4.78, 5) is 40.1. The topological polar surface area (TPSA) is 105 Å². The molecule has 36 heavy (non-hydrogen) atoms. The SMILES string of the molecule is CC(C)(C)OC(=O)C[C@H](NC(=O)OCC1c2ccccc2-c2ccccc21)C(=O)N1CCC(O)CC1. The second-order valence-electron chi connectivity index (χ2n) is 10.4. The van der Waals surface area contributed by atoms with E-state index in [0.29, 0.717) is 25.9 Å². The van der Waals surface area contributed by atoms with Crippen LogP contribution in [0.1, 0.15) is 57.1 Å². The second-order valence-corrected chi connectivity index (χ2v) is 10.4. The van der Waals surface area contributed by atoms with Gasteiger partial charge >= 0.3 is 12.1 Å². The van der Waals surface area contributed by atoms with Gasteiger partial charge in [-0.05, 0) is 55.9 Å². The summed E-state index contributed by atoms with van der Waals surface area (Å²) in [6.07, 6.45) is -0.616. The molecule has 2 aliphatic rings. The molecule has 0 unspecified atom stereocenters. The van der Waals surface area contributed by atoms with Crippen molar-refractivity contribution < 1.29 is 29.0 Å². The summed E-state index contributed by atoms with van der Waals surface area (Å²) in [5.74, 6) is -1.09. The maximum atomic E-state index is 13.2. The lowest BCUT2D eigenvalue weighted by Gasteiger charge is -2.32. The van der Waals surface area contributed by atoms with Crippen molar-refractivity contribution in [2.24, 2.45) is 0 Å². The first kappa shape index (κ1) is 25.7. The maximum Gasteiger partial charge on any atom is 0.407 e. The van der Waals surface area contributed by atoms with E-state index in [1.165, 1.54) is 0 Å². The molecule has 0 radical (unpaired) electrons. The third kappa shape index (κ3) is 6.05. The first-order valence-corrected chi connectivity index (χ1v) is 12.4. The maximum absolute atomic E-state index is 13.2. The van der Waals surface area contributed by atoms with Gasteiger partial charge in [-0.3, -0.25) is 9.59 Å². The monoisotopic (exact) mass is 494 g/mol. The number of amides is 2. The number of aliphatic hydroxyl groups excluding tert-OH is 1. The number of benzene rings is 2. The zero-order valence-corrected chi connectivity index (χ0v) is 21.0. The largest absolute Gasteiger partial charge is 0.460 e. The van der Waals surface area contributed by atoms with Gasteiger partial charge in [0.25, 0.3) is 0 Å². The van der Waals surface area contributed by atoms with Crippen molar-refractivity contribution in [1.29, 1.82) is 0 Å². The summed E-state index contributed by atoms with van der Waals surface area (Å²) in [5.41, 5.74) is 3.68. The Labute approximate surface area is 211 Å². The van der Waals surface area contributed by atoms with Gasteiger partial charge in [-0.2, -0.15) is 0 Å². The number of alkyl carbamates (subject to hydrolysis) is 1. The van der Waals surface area contributed by atoms with Crippen molar-refractivity contribution in [1.82, 2.24) is 10.2 Å². The van der Waals surface area contributed by atoms with Crippen LogP contribution in [0.5, 0.6) is 0 Å². The normalized spacial score (nSPS) is 16.6. The Balaban J connectivity index is 1.44. The van der Waals surface area contributed by atoms with Gasteiger partial charge in [0.1, 0.15) is 18.2 Å². The fourth-order valence-electron chi connectivity index (χ4n) is 4.84. The summed E-state index contributed by atoms with van der Waals surface area (Å²) in [6, 6.07) is 14.9. The van der Waals surface area contributed by atoms with Crippen LogP contribution < -0.4 is 5.32 Å². The molecule has 1 heterocycles. The van der Waals surface area contributed by atoms with Crippen LogP contribution in [-0.4, -0.2) is 65.4 Å². The Bertz CT molecular complexity index is 1070. The molecule has 8 nitrogen and oxygen atoms in total. The highest BCUT2D eigenvalue weighted by molar-refractivity contribution is 5.90. The molecule has 0 aromatic heterocycles. The van der Waals surface area contributed by atoms with Crippen LogP contribution in [0.15, 0.2) is 48.5 Å². The van der Waals surface area contributed by atoms with Gasteiger partial charge in [-0.15, -0.1) is 0 Å². The predicted molar refractivity (Wildman–Crippen MR) is 134 cm³/mol. The molecule has 1 fully saturated rings. The smallest absolute Gasteiger partial charge is 0.407 e. The van der Waals surface area contributed by atoms with Crippen LogP contribution in [0, 0.1) is 0 Å². The molecule has 8 heteroatoms. The quantitative estimate of drug-likeness (QED) is 0.595. The Kier molecular flexibility index (Phi) is 7.64. The number of esters is 1. The molecule has 0 bridgehead atoms. The molecular formula is C28H34N2O6. The van der Waals surface area contributed by atoms with E-state index in [4.69, 9.17) is 9.47 Å². The van der Waals surface area contributed by atoms with Gasteiger partial charge in [0.2, 0.25) is 5.91 Å². The van der Waals surface area contributed by atoms with E-state index in [-0.39, 0.29) is 24.9 Å². The molecule has 2 N–H and O–H groups in total. The van der Waals surface area contributed by atoms with Crippen molar-refractivity contribution in [3.8, 4) is 11.1 Å². The van der Waals surface area contributed by atoms with Gasteiger partial charge < -0.3 is 24.8 Å². The number of rotatable bonds is 6. The predicted octanol–water partition coefficient (Wildman–Crippen LogP) is 3.61. The lowest BCUT2D eigenvalue weighted by Crippen LogP contribution is -2.52. The minimum atomic E-state index is -1.12. The number of aliphatic hydroxyl groups is 1. The van der Waals surface area contributed by atoms with Crippen LogP contribution >= 0.6 is 0 Å². The van der Waals surface area contributed by atoms with Crippen LogP contribution in [0.2, 0.25) is 0 Å². The van der Waals surface area contributed by atoms with Crippen LogP contribution in [-0.2, 0) is 19.1 Å². The molecule has 1 aliphatic carbocycles. The number of hydrogen-bond acceptors (Lipinski definition) is 6. The number of likely N-dealkylation sites (tertiary alicyclic amines) is 1. The number of fused-ring (bicyclic) bond motifs is 3. The second kappa shape index (κ2) is 10.7. The van der Waals surface area contributed by atoms with Crippen LogP contribution in [0.3, 0.4) is 0 Å². The van der Waals surface area contributed by atoms with E-state index < -0.39 is 29.8 Å². The summed E-state index contributed by atoms with van der Waals surface area (Å²) in [5, 5.41) is 12.4. The lowest BCUT2D eigenvalue weighted by atomic mass is 9.98. The molecule has 0 spiro atoms. The summed E-state index contributed by atoms with van der Waals surface area (Å²) in [6.45, 7) is 6.05. The highest BCUT2D eigenvalue weighted by atomic mass is 16.6. The first-order chi connectivity index (χ1) is 17.1. The van der Waals surface area contributed by atoms with Gasteiger partial charge in [0.05, 0.1) is 12.5 Å². The van der Waals surface area contributed by atoms with Gasteiger partial charge in [0.15, 0.2) is 0 Å². The number of carbonyl (C=O) groups is 3. The summed E-state index contributed by atoms with van der Waals surface area (Å²) in [7, 11) is 0. The van der Waals surface area contributed by atoms with Crippen molar-refractivity contribution in [3.05, 3.63) is 59.7 Å².